The van der Waals surface area contributed by atoms with E-state index in [1.54, 1.807) is 0 Å². The molecule has 0 aliphatic carbocycles. The molecule has 0 unspecified atom stereocenters. The van der Waals surface area contributed by atoms with E-state index in [9.17, 15) is 0 Å². The lowest BCUT2D eigenvalue weighted by Gasteiger charge is -2.26. The second-order valence-corrected chi connectivity index (χ2v) is 4.63. The van der Waals surface area contributed by atoms with Gasteiger partial charge in [-0.15, -0.1) is 0 Å². The standard InChI is InChI=1S/C14H18N3/c1-4-8-16(9-5-1)10-11-17-12-15-13-6-2-3-7-14(13)17/h1-3,6-7,12H,4-5,8-11H2. The second-order valence-electron chi connectivity index (χ2n) is 4.63. The Kier molecular flexibility index (Phi) is 3.10. The maximum atomic E-state index is 4.42. The van der Waals surface area contributed by atoms with Crippen molar-refractivity contribution in [2.75, 3.05) is 19.6 Å². The van der Waals surface area contributed by atoms with Crippen LogP contribution in [-0.2, 0) is 6.54 Å². The summed E-state index contributed by atoms with van der Waals surface area (Å²) in [5.41, 5.74) is 2.34. The Labute approximate surface area is 102 Å². The summed E-state index contributed by atoms with van der Waals surface area (Å²) in [6, 6.07) is 8.34. The summed E-state index contributed by atoms with van der Waals surface area (Å²) >= 11 is 0. The average Bonchev–Trinajstić information content (AvgIpc) is 2.81. The quantitative estimate of drug-likeness (QED) is 0.804. The molecule has 1 aliphatic rings. The van der Waals surface area contributed by atoms with Gasteiger partial charge in [-0.2, -0.15) is 0 Å². The first-order chi connectivity index (χ1) is 8.43. The van der Waals surface area contributed by atoms with Crippen LogP contribution in [0.4, 0.5) is 0 Å². The number of rotatable bonds is 3. The molecule has 1 saturated heterocycles. The van der Waals surface area contributed by atoms with Crippen molar-refractivity contribution in [1.29, 1.82) is 0 Å². The first-order valence-electron chi connectivity index (χ1n) is 6.37. The lowest BCUT2D eigenvalue weighted by Crippen LogP contribution is -2.32. The lowest BCUT2D eigenvalue weighted by atomic mass is 10.1. The molecule has 2 aromatic rings. The number of para-hydroxylation sites is 2. The number of likely N-dealkylation sites (tertiary alicyclic amines) is 1. The van der Waals surface area contributed by atoms with Crippen LogP contribution < -0.4 is 0 Å². The molecule has 1 aliphatic heterocycles. The highest BCUT2D eigenvalue weighted by Crippen LogP contribution is 2.12. The van der Waals surface area contributed by atoms with Crippen LogP contribution >= 0.6 is 0 Å². The predicted octanol–water partition coefficient (Wildman–Crippen LogP) is 2.34. The van der Waals surface area contributed by atoms with Crippen LogP contribution in [-0.4, -0.2) is 34.1 Å². The topological polar surface area (TPSA) is 21.1 Å². The first kappa shape index (κ1) is 10.8. The molecule has 0 N–H and O–H groups in total. The van der Waals surface area contributed by atoms with E-state index in [1.807, 2.05) is 12.4 Å². The highest BCUT2D eigenvalue weighted by Gasteiger charge is 2.10. The van der Waals surface area contributed by atoms with E-state index in [0.717, 1.165) is 18.6 Å². The zero-order valence-corrected chi connectivity index (χ0v) is 10.0. The van der Waals surface area contributed by atoms with E-state index in [0.29, 0.717) is 0 Å². The van der Waals surface area contributed by atoms with Crippen molar-refractivity contribution < 1.29 is 0 Å². The van der Waals surface area contributed by atoms with Gasteiger partial charge in [-0.1, -0.05) is 12.1 Å². The summed E-state index contributed by atoms with van der Waals surface area (Å²) < 4.78 is 2.26. The minimum Gasteiger partial charge on any atom is -0.329 e. The Balaban J connectivity index is 1.68. The fraction of sp³-hybridized carbons (Fsp3) is 0.429. The summed E-state index contributed by atoms with van der Waals surface area (Å²) in [5, 5.41) is 0. The molecule has 1 fully saturated rings. The van der Waals surface area contributed by atoms with E-state index in [-0.39, 0.29) is 0 Å². The highest BCUT2D eigenvalue weighted by molar-refractivity contribution is 5.74. The number of aromatic nitrogens is 2. The maximum Gasteiger partial charge on any atom is 0.0958 e. The first-order valence-corrected chi connectivity index (χ1v) is 6.37. The van der Waals surface area contributed by atoms with Crippen molar-refractivity contribution in [1.82, 2.24) is 14.5 Å². The highest BCUT2D eigenvalue weighted by atomic mass is 15.2. The van der Waals surface area contributed by atoms with Gasteiger partial charge in [0.15, 0.2) is 0 Å². The van der Waals surface area contributed by atoms with Gasteiger partial charge in [0.25, 0.3) is 0 Å². The third kappa shape index (κ3) is 2.34. The average molecular weight is 228 g/mol. The normalized spacial score (nSPS) is 17.6. The summed E-state index contributed by atoms with van der Waals surface area (Å²) in [5.74, 6) is 0. The molecule has 3 heteroatoms. The molecule has 3 rings (SSSR count). The number of hydrogen-bond donors (Lipinski definition) is 0. The Morgan fingerprint density at radius 1 is 1.06 bits per heavy atom. The van der Waals surface area contributed by atoms with Crippen molar-refractivity contribution >= 4 is 11.0 Å². The SMILES string of the molecule is [CH]1CCN(CCn2cnc3ccccc32)CC1. The summed E-state index contributed by atoms with van der Waals surface area (Å²) in [7, 11) is 0. The van der Waals surface area contributed by atoms with Crippen LogP contribution in [0.1, 0.15) is 12.8 Å². The monoisotopic (exact) mass is 228 g/mol. The lowest BCUT2D eigenvalue weighted by molar-refractivity contribution is 0.245. The molecule has 17 heavy (non-hydrogen) atoms. The second kappa shape index (κ2) is 4.88. The van der Waals surface area contributed by atoms with Crippen LogP contribution in [0, 0.1) is 6.42 Å². The number of benzene rings is 1. The van der Waals surface area contributed by atoms with Gasteiger partial charge < -0.3 is 9.47 Å². The minimum absolute atomic E-state index is 1.04. The Morgan fingerprint density at radius 2 is 1.88 bits per heavy atom. The van der Waals surface area contributed by atoms with Gasteiger partial charge >= 0.3 is 0 Å². The molecule has 0 atom stereocenters. The van der Waals surface area contributed by atoms with Crippen molar-refractivity contribution in [3.8, 4) is 0 Å². The molecule has 1 aromatic heterocycles. The van der Waals surface area contributed by atoms with E-state index in [2.05, 4.69) is 39.1 Å². The molecule has 0 bridgehead atoms. The van der Waals surface area contributed by atoms with E-state index in [4.69, 9.17) is 0 Å². The number of hydrogen-bond acceptors (Lipinski definition) is 2. The van der Waals surface area contributed by atoms with Crippen LogP contribution in [0.3, 0.4) is 0 Å². The van der Waals surface area contributed by atoms with Crippen molar-refractivity contribution in [2.24, 2.45) is 0 Å². The van der Waals surface area contributed by atoms with Crippen LogP contribution in [0.5, 0.6) is 0 Å². The fourth-order valence-corrected chi connectivity index (χ4v) is 2.47. The van der Waals surface area contributed by atoms with Gasteiger partial charge in [-0.05, 0) is 44.5 Å². The summed E-state index contributed by atoms with van der Waals surface area (Å²) in [4.78, 5) is 6.96. The Bertz CT molecular complexity index is 483. The third-order valence-corrected chi connectivity index (χ3v) is 3.48. The minimum atomic E-state index is 1.04. The zero-order chi connectivity index (χ0) is 11.5. The van der Waals surface area contributed by atoms with Crippen molar-refractivity contribution in [3.63, 3.8) is 0 Å². The van der Waals surface area contributed by atoms with Gasteiger partial charge in [-0.3, -0.25) is 0 Å². The van der Waals surface area contributed by atoms with Crippen molar-refractivity contribution in [3.05, 3.63) is 37.0 Å². The van der Waals surface area contributed by atoms with Gasteiger partial charge in [0.1, 0.15) is 0 Å². The van der Waals surface area contributed by atoms with E-state index in [1.165, 1.54) is 31.4 Å². The molecule has 1 radical (unpaired) electrons. The largest absolute Gasteiger partial charge is 0.329 e. The molecule has 1 aromatic carbocycles. The summed E-state index contributed by atoms with van der Waals surface area (Å²) in [6.45, 7) is 4.61. The van der Waals surface area contributed by atoms with Crippen LogP contribution in [0.2, 0.25) is 0 Å². The molecular formula is C14H18N3. The number of fused-ring (bicyclic) bond motifs is 1. The third-order valence-electron chi connectivity index (χ3n) is 3.48. The van der Waals surface area contributed by atoms with Crippen LogP contribution in [0.15, 0.2) is 30.6 Å². The summed E-state index contributed by atoms with van der Waals surface area (Å²) in [6.07, 6.45) is 6.83. The van der Waals surface area contributed by atoms with Gasteiger partial charge in [-0.25, -0.2) is 4.98 Å². The Morgan fingerprint density at radius 3 is 2.76 bits per heavy atom. The molecule has 0 saturated carbocycles. The smallest absolute Gasteiger partial charge is 0.0958 e. The molecule has 0 amide bonds. The number of imidazole rings is 1. The zero-order valence-electron chi connectivity index (χ0n) is 10.0. The van der Waals surface area contributed by atoms with Crippen molar-refractivity contribution in [2.45, 2.75) is 19.4 Å². The molecule has 2 heterocycles. The van der Waals surface area contributed by atoms with E-state index < -0.39 is 0 Å². The number of piperidine rings is 1. The van der Waals surface area contributed by atoms with Gasteiger partial charge in [0.05, 0.1) is 17.4 Å². The molecule has 3 nitrogen and oxygen atoms in total. The van der Waals surface area contributed by atoms with E-state index >= 15 is 0 Å². The fourth-order valence-electron chi connectivity index (χ4n) is 2.47. The maximum absolute atomic E-state index is 4.42. The number of nitrogens with zero attached hydrogens (tertiary/aromatic N) is 3. The van der Waals surface area contributed by atoms with Gasteiger partial charge in [0, 0.05) is 13.1 Å². The molecule has 89 valence electrons. The Hall–Kier alpha value is -1.35. The van der Waals surface area contributed by atoms with Gasteiger partial charge in [0.2, 0.25) is 0 Å². The molecule has 0 spiro atoms. The predicted molar refractivity (Wildman–Crippen MR) is 69.7 cm³/mol. The molecular weight excluding hydrogens is 210 g/mol. The van der Waals surface area contributed by atoms with Crippen LogP contribution in [0.25, 0.3) is 11.0 Å².